The molecule has 2 aromatic rings. The van der Waals surface area contributed by atoms with Gasteiger partial charge in [-0.25, -0.2) is 12.8 Å². The van der Waals surface area contributed by atoms with E-state index in [9.17, 15) is 22.4 Å². The van der Waals surface area contributed by atoms with Crippen molar-refractivity contribution in [2.75, 3.05) is 43.7 Å². The molecule has 41 heavy (non-hydrogen) atoms. The number of fused-ring (bicyclic) bond motifs is 9. The number of ether oxygens (including phenoxy) is 1. The molecule has 3 N–H and O–H groups in total. The Morgan fingerprint density at radius 3 is 2.59 bits per heavy atom. The van der Waals surface area contributed by atoms with Crippen molar-refractivity contribution in [2.24, 2.45) is 11.3 Å². The molecule has 1 aliphatic carbocycles. The second-order valence-electron chi connectivity index (χ2n) is 10.9. The number of sulfonamides is 1. The fraction of sp³-hybridized carbons (Fsp3) is 0.448. The number of nitrogens with one attached hydrogen (secondary N) is 3. The highest BCUT2D eigenvalue weighted by atomic mass is 35.5. The second-order valence-corrected chi connectivity index (χ2v) is 13.2. The third kappa shape index (κ3) is 6.58. The predicted octanol–water partition coefficient (Wildman–Crippen LogP) is 3.26. The lowest BCUT2D eigenvalue weighted by Crippen LogP contribution is -2.57. The molecule has 4 bridgehead atoms. The third-order valence-corrected chi connectivity index (χ3v) is 10.3. The molecule has 3 aliphatic heterocycles. The number of hydrogen-bond donors (Lipinski definition) is 3. The van der Waals surface area contributed by atoms with E-state index in [0.29, 0.717) is 19.5 Å². The minimum absolute atomic E-state index is 0.0298. The number of benzene rings is 2. The minimum Gasteiger partial charge on any atom is -0.376 e. The maximum atomic E-state index is 13.9. The van der Waals surface area contributed by atoms with Gasteiger partial charge in [0.05, 0.1) is 35.9 Å². The van der Waals surface area contributed by atoms with Crippen LogP contribution in [0.5, 0.6) is 0 Å². The number of nitrogens with zero attached hydrogens (tertiary/aromatic N) is 1. The number of amides is 2. The Hall–Kier alpha value is -2.99. The first-order chi connectivity index (χ1) is 19.7. The molecule has 12 heteroatoms. The van der Waals surface area contributed by atoms with Gasteiger partial charge < -0.3 is 20.7 Å². The van der Waals surface area contributed by atoms with Crippen LogP contribution in [0.3, 0.4) is 0 Å². The van der Waals surface area contributed by atoms with Crippen LogP contribution in [0.2, 0.25) is 5.02 Å². The largest absolute Gasteiger partial charge is 0.376 e. The molecule has 1 atom stereocenters. The van der Waals surface area contributed by atoms with Crippen LogP contribution in [0.25, 0.3) is 0 Å². The van der Waals surface area contributed by atoms with E-state index >= 15 is 0 Å². The van der Waals surface area contributed by atoms with E-state index < -0.39 is 27.2 Å². The van der Waals surface area contributed by atoms with Crippen molar-refractivity contribution >= 4 is 39.1 Å². The van der Waals surface area contributed by atoms with Crippen molar-refractivity contribution < 1.29 is 27.1 Å². The molecule has 1 unspecified atom stereocenters. The Morgan fingerprint density at radius 2 is 1.85 bits per heavy atom. The van der Waals surface area contributed by atoms with E-state index in [1.807, 2.05) is 0 Å². The highest BCUT2D eigenvalue weighted by molar-refractivity contribution is 7.93. The Labute approximate surface area is 244 Å². The zero-order chi connectivity index (χ0) is 29.0. The van der Waals surface area contributed by atoms with Crippen LogP contribution < -0.4 is 20.3 Å². The Kier molecular flexibility index (Phi) is 8.98. The fourth-order valence-electron chi connectivity index (χ4n) is 5.52. The van der Waals surface area contributed by atoms with Crippen molar-refractivity contribution in [3.8, 4) is 0 Å². The van der Waals surface area contributed by atoms with Crippen molar-refractivity contribution in [1.82, 2.24) is 16.0 Å². The summed E-state index contributed by atoms with van der Waals surface area (Å²) in [5.74, 6) is -0.760. The van der Waals surface area contributed by atoms with E-state index in [2.05, 4.69) is 16.0 Å². The normalized spacial score (nSPS) is 28.2. The molecule has 1 spiro atoms. The van der Waals surface area contributed by atoms with E-state index in [1.165, 1.54) is 42.5 Å². The standard InChI is InChI=1S/C29H34ClFN4O5S/c30-25-9-4-21-16-26(25)41(38,39)35(24-7-5-22(31)6-8-24)12-1-2-13-40-19-29(10-3-11-32-18-29)28(37)34-23-14-20(15-23)17-33-27(21)36/h1-2,4-9,16,20,23,32H,3,10-15,17-19H2,(H,33,36)(H,34,37)/b2-1+. The smallest absolute Gasteiger partial charge is 0.266 e. The van der Waals surface area contributed by atoms with Crippen molar-refractivity contribution in [3.05, 3.63) is 71.0 Å². The van der Waals surface area contributed by atoms with Gasteiger partial charge in [0.15, 0.2) is 0 Å². The molecule has 6 rings (SSSR count). The van der Waals surface area contributed by atoms with Crippen LogP contribution in [0, 0.1) is 17.2 Å². The van der Waals surface area contributed by atoms with Crippen molar-refractivity contribution in [2.45, 2.75) is 36.6 Å². The average molecular weight is 605 g/mol. The Bertz CT molecular complexity index is 1410. The number of hydrogen-bond acceptors (Lipinski definition) is 6. The number of carbonyl (C=O) groups is 2. The van der Waals surface area contributed by atoms with Crippen LogP contribution in [0.1, 0.15) is 36.0 Å². The number of halogens is 2. The fourth-order valence-corrected chi connectivity index (χ4v) is 7.44. The van der Waals surface area contributed by atoms with E-state index in [0.717, 1.165) is 30.1 Å². The van der Waals surface area contributed by atoms with Crippen LogP contribution in [-0.4, -0.2) is 65.7 Å². The molecule has 2 amide bonds. The van der Waals surface area contributed by atoms with Gasteiger partial charge in [-0.2, -0.15) is 0 Å². The van der Waals surface area contributed by atoms with Gasteiger partial charge in [-0.05, 0) is 80.6 Å². The Balaban J connectivity index is 1.45. The Morgan fingerprint density at radius 1 is 1.07 bits per heavy atom. The number of carbonyl (C=O) groups excluding carboxylic acids is 2. The molecule has 1 saturated carbocycles. The molecule has 0 aromatic heterocycles. The second kappa shape index (κ2) is 12.5. The van der Waals surface area contributed by atoms with Gasteiger partial charge in [0, 0.05) is 24.7 Å². The molecule has 9 nitrogen and oxygen atoms in total. The van der Waals surface area contributed by atoms with E-state index in [-0.39, 0.29) is 58.8 Å². The molecule has 220 valence electrons. The zero-order valence-corrected chi connectivity index (χ0v) is 24.1. The minimum atomic E-state index is -4.26. The van der Waals surface area contributed by atoms with Gasteiger partial charge in [0.1, 0.15) is 10.7 Å². The van der Waals surface area contributed by atoms with Gasteiger partial charge in [-0.15, -0.1) is 0 Å². The van der Waals surface area contributed by atoms with Crippen molar-refractivity contribution in [3.63, 3.8) is 0 Å². The van der Waals surface area contributed by atoms with Gasteiger partial charge in [-0.3, -0.25) is 13.9 Å². The first kappa shape index (κ1) is 29.5. The van der Waals surface area contributed by atoms with Gasteiger partial charge in [-0.1, -0.05) is 23.8 Å². The molecule has 3 heterocycles. The summed E-state index contributed by atoms with van der Waals surface area (Å²) in [5.41, 5.74) is -0.301. The molecular weight excluding hydrogens is 571 g/mol. The van der Waals surface area contributed by atoms with Crippen LogP contribution >= 0.6 is 11.6 Å². The third-order valence-electron chi connectivity index (χ3n) is 7.98. The summed E-state index contributed by atoms with van der Waals surface area (Å²) in [6.07, 6.45) is 6.37. The maximum absolute atomic E-state index is 13.9. The predicted molar refractivity (Wildman–Crippen MR) is 154 cm³/mol. The van der Waals surface area contributed by atoms with Gasteiger partial charge >= 0.3 is 0 Å². The lowest BCUT2D eigenvalue weighted by atomic mass is 9.77. The summed E-state index contributed by atoms with van der Waals surface area (Å²) < 4.78 is 48.5. The quantitative estimate of drug-likeness (QED) is 0.430. The highest BCUT2D eigenvalue weighted by Gasteiger charge is 2.42. The first-order valence-corrected chi connectivity index (χ1v) is 15.6. The summed E-state index contributed by atoms with van der Waals surface area (Å²) in [7, 11) is -4.26. The number of piperidine rings is 1. The lowest BCUT2D eigenvalue weighted by Gasteiger charge is -2.41. The van der Waals surface area contributed by atoms with Crippen LogP contribution in [-0.2, 0) is 19.6 Å². The molecule has 2 aromatic carbocycles. The number of anilines is 1. The summed E-state index contributed by atoms with van der Waals surface area (Å²) in [6, 6.07) is 9.24. The first-order valence-electron chi connectivity index (χ1n) is 13.8. The molecule has 2 fully saturated rings. The molecule has 4 aliphatic rings. The monoisotopic (exact) mass is 604 g/mol. The average Bonchev–Trinajstić information content (AvgIpc) is 2.94. The summed E-state index contributed by atoms with van der Waals surface area (Å²) in [6.45, 7) is 2.07. The van der Waals surface area contributed by atoms with Crippen molar-refractivity contribution in [1.29, 1.82) is 0 Å². The summed E-state index contributed by atoms with van der Waals surface area (Å²) in [4.78, 5) is 26.1. The maximum Gasteiger partial charge on any atom is 0.266 e. The summed E-state index contributed by atoms with van der Waals surface area (Å²) >= 11 is 6.35. The van der Waals surface area contributed by atoms with Crippen LogP contribution in [0.4, 0.5) is 10.1 Å². The SMILES string of the molecule is O=C1NCC2CC(C2)NC(=O)C2(CCCNC2)COC/C=C/CN(c2ccc(F)cc2)S(=O)(=O)c2cc1ccc2Cl. The lowest BCUT2D eigenvalue weighted by molar-refractivity contribution is -0.137. The molecule has 0 radical (unpaired) electrons. The van der Waals surface area contributed by atoms with Crippen LogP contribution in [0.15, 0.2) is 59.5 Å². The summed E-state index contributed by atoms with van der Waals surface area (Å²) in [5, 5.41) is 9.34. The zero-order valence-electron chi connectivity index (χ0n) is 22.6. The molecule has 1 saturated heterocycles. The van der Waals surface area contributed by atoms with E-state index in [1.54, 1.807) is 12.2 Å². The molecular formula is C29H34ClFN4O5S. The highest BCUT2D eigenvalue weighted by Crippen LogP contribution is 2.33. The van der Waals surface area contributed by atoms with Gasteiger partial charge in [0.2, 0.25) is 5.91 Å². The topological polar surface area (TPSA) is 117 Å². The van der Waals surface area contributed by atoms with E-state index in [4.69, 9.17) is 16.3 Å². The van der Waals surface area contributed by atoms with Gasteiger partial charge in [0.25, 0.3) is 15.9 Å². The number of rotatable bonds is 1.